The number of anilines is 1. The minimum Gasteiger partial charge on any atom is -0.492 e. The molecule has 8 nitrogen and oxygen atoms in total. The molecule has 12 heteroatoms. The molecular formula is C24H20Cl3N3O5S. The van der Waals surface area contributed by atoms with Crippen molar-refractivity contribution in [2.24, 2.45) is 5.92 Å². The third-order valence-corrected chi connectivity index (χ3v) is 7.30. The number of nitrogens with one attached hydrogen (secondary N) is 2. The third kappa shape index (κ3) is 6.08. The lowest BCUT2D eigenvalue weighted by Gasteiger charge is -2.31. The van der Waals surface area contributed by atoms with Gasteiger partial charge in [-0.05, 0) is 36.8 Å². The number of carbonyl (C=O) groups excluding carboxylic acids is 3. The first-order valence-corrected chi connectivity index (χ1v) is 12.7. The fourth-order valence-corrected chi connectivity index (χ4v) is 5.03. The van der Waals surface area contributed by atoms with Crippen molar-refractivity contribution in [1.29, 1.82) is 5.26 Å². The Labute approximate surface area is 226 Å². The van der Waals surface area contributed by atoms with Gasteiger partial charge in [0.05, 0.1) is 56.9 Å². The van der Waals surface area contributed by atoms with Crippen LogP contribution in [-0.4, -0.2) is 37.3 Å². The summed E-state index contributed by atoms with van der Waals surface area (Å²) in [4.78, 5) is 38.1. The minimum atomic E-state index is -1.33. The predicted octanol–water partition coefficient (Wildman–Crippen LogP) is 5.16. The molecule has 2 amide bonds. The number of ether oxygens (including phenoxy) is 2. The van der Waals surface area contributed by atoms with Crippen LogP contribution in [-0.2, 0) is 19.1 Å². The zero-order valence-electron chi connectivity index (χ0n) is 19.1. The minimum absolute atomic E-state index is 0.0869. The second kappa shape index (κ2) is 12.4. The number of amides is 2. The van der Waals surface area contributed by atoms with Crippen LogP contribution in [0.5, 0.6) is 5.75 Å². The van der Waals surface area contributed by atoms with E-state index in [9.17, 15) is 19.6 Å². The average Bonchev–Trinajstić information content (AvgIpc) is 2.86. The van der Waals surface area contributed by atoms with Gasteiger partial charge in [-0.2, -0.15) is 5.26 Å². The van der Waals surface area contributed by atoms with Crippen LogP contribution in [0.3, 0.4) is 0 Å². The van der Waals surface area contributed by atoms with Gasteiger partial charge < -0.3 is 20.1 Å². The predicted molar refractivity (Wildman–Crippen MR) is 139 cm³/mol. The Kier molecular flexibility index (Phi) is 9.51. The van der Waals surface area contributed by atoms with Gasteiger partial charge in [0.15, 0.2) is 0 Å². The van der Waals surface area contributed by atoms with Crippen molar-refractivity contribution in [3.8, 4) is 11.8 Å². The van der Waals surface area contributed by atoms with E-state index in [-0.39, 0.29) is 31.4 Å². The van der Waals surface area contributed by atoms with Crippen molar-refractivity contribution < 1.29 is 23.9 Å². The number of halogens is 3. The number of nitrogens with zero attached hydrogens (tertiary/aromatic N) is 1. The number of hydrogen-bond donors (Lipinski definition) is 2. The maximum absolute atomic E-state index is 13.0. The van der Waals surface area contributed by atoms with E-state index >= 15 is 0 Å². The number of esters is 1. The van der Waals surface area contributed by atoms with Crippen molar-refractivity contribution in [2.45, 2.75) is 12.8 Å². The van der Waals surface area contributed by atoms with Crippen LogP contribution in [0.4, 0.5) is 5.69 Å². The average molecular weight is 569 g/mol. The summed E-state index contributed by atoms with van der Waals surface area (Å²) in [6.45, 7) is 2.20. The molecule has 2 N–H and O–H groups in total. The molecule has 0 unspecified atom stereocenters. The summed E-state index contributed by atoms with van der Waals surface area (Å²) in [5.41, 5.74) is 0.854. The maximum atomic E-state index is 13.0. The molecule has 0 spiro atoms. The molecule has 0 aliphatic carbocycles. The second-order valence-electron chi connectivity index (χ2n) is 7.38. The van der Waals surface area contributed by atoms with Crippen molar-refractivity contribution in [2.75, 3.05) is 24.8 Å². The fourth-order valence-electron chi connectivity index (χ4n) is 3.59. The Morgan fingerprint density at radius 2 is 1.94 bits per heavy atom. The quantitative estimate of drug-likeness (QED) is 0.334. The van der Waals surface area contributed by atoms with Crippen molar-refractivity contribution in [3.05, 3.63) is 67.6 Å². The number of carbonyl (C=O) groups is 3. The molecule has 0 radical (unpaired) electrons. The molecule has 1 heterocycles. The monoisotopic (exact) mass is 567 g/mol. The van der Waals surface area contributed by atoms with Crippen LogP contribution in [0.2, 0.25) is 15.1 Å². The van der Waals surface area contributed by atoms with Crippen molar-refractivity contribution in [1.82, 2.24) is 5.32 Å². The Bertz CT molecular complexity index is 1280. The highest BCUT2D eigenvalue weighted by Gasteiger charge is 2.44. The molecule has 1 aliphatic heterocycles. The van der Waals surface area contributed by atoms with E-state index in [1.54, 1.807) is 43.3 Å². The number of allylic oxidation sites excluding steroid dienone is 1. The van der Waals surface area contributed by atoms with Crippen LogP contribution in [0.1, 0.15) is 18.4 Å². The van der Waals surface area contributed by atoms with Crippen LogP contribution in [0.25, 0.3) is 0 Å². The van der Waals surface area contributed by atoms with E-state index in [0.29, 0.717) is 23.6 Å². The summed E-state index contributed by atoms with van der Waals surface area (Å²) in [5, 5.41) is 16.1. The van der Waals surface area contributed by atoms with Crippen LogP contribution < -0.4 is 15.4 Å². The normalized spacial score (nSPS) is 17.2. The lowest BCUT2D eigenvalue weighted by Crippen LogP contribution is -2.44. The molecule has 2 aromatic rings. The Morgan fingerprint density at radius 1 is 1.19 bits per heavy atom. The third-order valence-electron chi connectivity index (χ3n) is 5.17. The summed E-state index contributed by atoms with van der Waals surface area (Å²) >= 11 is 19.4. The smallest absolute Gasteiger partial charge is 0.319 e. The summed E-state index contributed by atoms with van der Waals surface area (Å²) < 4.78 is 10.3. The van der Waals surface area contributed by atoms with E-state index in [2.05, 4.69) is 16.7 Å². The first-order chi connectivity index (χ1) is 17.2. The van der Waals surface area contributed by atoms with E-state index in [1.807, 2.05) is 0 Å². The highest BCUT2D eigenvalue weighted by molar-refractivity contribution is 8.03. The standard InChI is InChI=1S/C24H20Cl3N3O5S/c1-3-35-17-8-7-12(9-15(17)26)19-13(10-28)23(30-22(32)20(19)24(33)34-2)36-11-18(31)29-16-6-4-5-14(25)21(16)27/h4-9,19-20H,3,11H2,1-2H3,(H,29,31)(H,30,32)/t19-,20+/m1/s1. The first-order valence-electron chi connectivity index (χ1n) is 10.5. The Balaban J connectivity index is 1.93. The van der Waals surface area contributed by atoms with Gasteiger partial charge in [-0.15, -0.1) is 0 Å². The van der Waals surface area contributed by atoms with Crippen molar-refractivity contribution >= 4 is 70.0 Å². The molecule has 0 fully saturated rings. The van der Waals surface area contributed by atoms with Gasteiger partial charge >= 0.3 is 5.97 Å². The van der Waals surface area contributed by atoms with Crippen LogP contribution in [0, 0.1) is 17.2 Å². The fraction of sp³-hybridized carbons (Fsp3) is 0.250. The molecule has 36 heavy (non-hydrogen) atoms. The zero-order valence-corrected chi connectivity index (χ0v) is 22.1. The Morgan fingerprint density at radius 3 is 2.58 bits per heavy atom. The van der Waals surface area contributed by atoms with Gasteiger partial charge in [0.1, 0.15) is 11.7 Å². The van der Waals surface area contributed by atoms with Crippen LogP contribution in [0.15, 0.2) is 47.0 Å². The lowest BCUT2D eigenvalue weighted by atomic mass is 9.78. The number of hydrogen-bond acceptors (Lipinski definition) is 7. The largest absolute Gasteiger partial charge is 0.492 e. The van der Waals surface area contributed by atoms with E-state index in [4.69, 9.17) is 44.3 Å². The summed E-state index contributed by atoms with van der Waals surface area (Å²) in [5.74, 6) is -3.99. The molecule has 188 valence electrons. The van der Waals surface area contributed by atoms with E-state index in [0.717, 1.165) is 18.9 Å². The maximum Gasteiger partial charge on any atom is 0.319 e. The van der Waals surface area contributed by atoms with Gasteiger partial charge in [0, 0.05) is 5.92 Å². The van der Waals surface area contributed by atoms with Gasteiger partial charge in [0.2, 0.25) is 11.8 Å². The van der Waals surface area contributed by atoms with Gasteiger partial charge in [-0.3, -0.25) is 14.4 Å². The van der Waals surface area contributed by atoms with Gasteiger partial charge in [0.25, 0.3) is 0 Å². The number of thioether (sulfide) groups is 1. The number of benzene rings is 2. The molecule has 3 rings (SSSR count). The second-order valence-corrected chi connectivity index (χ2v) is 9.56. The van der Waals surface area contributed by atoms with E-state index in [1.165, 1.54) is 0 Å². The topological polar surface area (TPSA) is 118 Å². The SMILES string of the molecule is CCOc1ccc([C@@H]2C(C#N)=C(SCC(=O)Nc3cccc(Cl)c3Cl)NC(=O)[C@H]2C(=O)OC)cc1Cl. The Hall–Kier alpha value is -2.90. The van der Waals surface area contributed by atoms with Gasteiger partial charge in [-0.25, -0.2) is 0 Å². The summed E-state index contributed by atoms with van der Waals surface area (Å²) in [7, 11) is 1.16. The molecule has 0 aromatic heterocycles. The summed E-state index contributed by atoms with van der Waals surface area (Å²) in [6.07, 6.45) is 0. The molecule has 2 atom stereocenters. The molecular weight excluding hydrogens is 549 g/mol. The number of methoxy groups -OCH3 is 1. The first kappa shape index (κ1) is 27.7. The molecule has 0 saturated carbocycles. The number of rotatable bonds is 8. The van der Waals surface area contributed by atoms with Crippen molar-refractivity contribution in [3.63, 3.8) is 0 Å². The molecule has 0 saturated heterocycles. The number of nitriles is 1. The zero-order chi connectivity index (χ0) is 26.4. The highest BCUT2D eigenvalue weighted by Crippen LogP contribution is 2.42. The summed E-state index contributed by atoms with van der Waals surface area (Å²) in [6, 6.07) is 11.7. The molecule has 2 aromatic carbocycles. The highest BCUT2D eigenvalue weighted by atomic mass is 35.5. The van der Waals surface area contributed by atoms with E-state index < -0.39 is 29.6 Å². The van der Waals surface area contributed by atoms with Gasteiger partial charge in [-0.1, -0.05) is 58.7 Å². The lowest BCUT2D eigenvalue weighted by molar-refractivity contribution is -0.150. The van der Waals surface area contributed by atoms with Crippen LogP contribution >= 0.6 is 46.6 Å². The molecule has 1 aliphatic rings. The molecule has 0 bridgehead atoms.